The molecule has 0 heterocycles. The molecular formula is C14H19ClN2O3. The summed E-state index contributed by atoms with van der Waals surface area (Å²) in [5.41, 5.74) is 0.182. The minimum atomic E-state index is -0.397. The first kappa shape index (κ1) is 16.3. The van der Waals surface area contributed by atoms with Crippen molar-refractivity contribution in [1.82, 2.24) is 9.80 Å². The average Bonchev–Trinajstić information content (AvgIpc) is 2.42. The van der Waals surface area contributed by atoms with Gasteiger partial charge in [-0.1, -0.05) is 11.6 Å². The van der Waals surface area contributed by atoms with Gasteiger partial charge in [0.15, 0.2) is 0 Å². The molecule has 0 unspecified atom stereocenters. The largest absolute Gasteiger partial charge is 0.508 e. The molecule has 20 heavy (non-hydrogen) atoms. The maximum Gasteiger partial charge on any atom is 0.255 e. The molecule has 0 atom stereocenters. The Morgan fingerprint density at radius 2 is 1.85 bits per heavy atom. The van der Waals surface area contributed by atoms with Crippen LogP contribution in [-0.2, 0) is 4.79 Å². The first-order valence-corrected chi connectivity index (χ1v) is 6.80. The molecule has 0 spiro atoms. The molecule has 0 saturated carbocycles. The lowest BCUT2D eigenvalue weighted by Crippen LogP contribution is -2.41. The third-order valence-corrected chi connectivity index (χ3v) is 3.35. The van der Waals surface area contributed by atoms with Gasteiger partial charge in [0.1, 0.15) is 5.75 Å². The minimum absolute atomic E-state index is 0.0213. The summed E-state index contributed by atoms with van der Waals surface area (Å²) in [6.45, 7) is 4.95. The summed E-state index contributed by atoms with van der Waals surface area (Å²) in [5.74, 6) is -0.560. The summed E-state index contributed by atoms with van der Waals surface area (Å²) >= 11 is 5.93. The van der Waals surface area contributed by atoms with E-state index in [-0.39, 0.29) is 28.8 Å². The molecular weight excluding hydrogens is 280 g/mol. The van der Waals surface area contributed by atoms with E-state index in [1.54, 1.807) is 4.90 Å². The van der Waals surface area contributed by atoms with Gasteiger partial charge in [-0.2, -0.15) is 0 Å². The van der Waals surface area contributed by atoms with Crippen molar-refractivity contribution in [3.05, 3.63) is 28.8 Å². The van der Waals surface area contributed by atoms with E-state index in [0.29, 0.717) is 13.1 Å². The summed E-state index contributed by atoms with van der Waals surface area (Å²) in [7, 11) is 1.53. The number of benzene rings is 1. The van der Waals surface area contributed by atoms with Crippen molar-refractivity contribution in [2.24, 2.45) is 0 Å². The highest BCUT2D eigenvalue weighted by molar-refractivity contribution is 6.33. The summed E-state index contributed by atoms with van der Waals surface area (Å²) in [5, 5.41) is 9.66. The number of carbonyl (C=O) groups excluding carboxylic acids is 2. The molecule has 0 bridgehead atoms. The molecule has 1 aromatic rings. The summed E-state index contributed by atoms with van der Waals surface area (Å²) in [6.07, 6.45) is 0. The lowest BCUT2D eigenvalue weighted by atomic mass is 10.2. The van der Waals surface area contributed by atoms with Gasteiger partial charge in [-0.25, -0.2) is 0 Å². The molecule has 0 aliphatic carbocycles. The zero-order valence-corrected chi connectivity index (χ0v) is 12.6. The number of aromatic hydroxyl groups is 1. The van der Waals surface area contributed by atoms with Crippen LogP contribution in [0.1, 0.15) is 24.2 Å². The molecule has 6 heteroatoms. The highest BCUT2D eigenvalue weighted by Gasteiger charge is 2.20. The third kappa shape index (κ3) is 3.87. The van der Waals surface area contributed by atoms with Crippen LogP contribution in [-0.4, -0.2) is 53.4 Å². The van der Waals surface area contributed by atoms with Crippen molar-refractivity contribution >= 4 is 23.4 Å². The number of nitrogens with zero attached hydrogens (tertiary/aromatic N) is 2. The minimum Gasteiger partial charge on any atom is -0.508 e. The molecule has 0 aliphatic rings. The Hall–Kier alpha value is -1.75. The second-order valence-corrected chi connectivity index (χ2v) is 4.80. The molecule has 0 saturated heterocycles. The maximum atomic E-state index is 12.2. The molecule has 5 nitrogen and oxygen atoms in total. The van der Waals surface area contributed by atoms with Crippen LogP contribution in [0.3, 0.4) is 0 Å². The zero-order chi connectivity index (χ0) is 15.3. The van der Waals surface area contributed by atoms with Gasteiger partial charge >= 0.3 is 0 Å². The van der Waals surface area contributed by atoms with Crippen LogP contribution >= 0.6 is 11.6 Å². The van der Waals surface area contributed by atoms with Gasteiger partial charge < -0.3 is 14.9 Å². The molecule has 1 aromatic carbocycles. The Kier molecular flexibility index (Phi) is 5.82. The second kappa shape index (κ2) is 7.14. The lowest BCUT2D eigenvalue weighted by molar-refractivity contribution is -0.131. The van der Waals surface area contributed by atoms with Crippen LogP contribution in [0.25, 0.3) is 0 Å². The highest BCUT2D eigenvalue weighted by Crippen LogP contribution is 2.22. The van der Waals surface area contributed by atoms with Crippen molar-refractivity contribution < 1.29 is 14.7 Å². The number of amides is 2. The topological polar surface area (TPSA) is 60.9 Å². The third-order valence-electron chi connectivity index (χ3n) is 3.02. The van der Waals surface area contributed by atoms with E-state index in [1.807, 2.05) is 13.8 Å². The van der Waals surface area contributed by atoms with E-state index >= 15 is 0 Å². The van der Waals surface area contributed by atoms with Crippen LogP contribution < -0.4 is 0 Å². The fraction of sp³-hybridized carbons (Fsp3) is 0.429. The number of hydrogen-bond acceptors (Lipinski definition) is 3. The Balaban J connectivity index is 2.82. The predicted molar refractivity (Wildman–Crippen MR) is 78.0 cm³/mol. The van der Waals surface area contributed by atoms with Gasteiger partial charge in [-0.15, -0.1) is 0 Å². The van der Waals surface area contributed by atoms with Crippen LogP contribution in [0.4, 0.5) is 0 Å². The average molecular weight is 299 g/mol. The Bertz CT molecular complexity index is 501. The van der Waals surface area contributed by atoms with Crippen molar-refractivity contribution in [2.75, 3.05) is 26.7 Å². The van der Waals surface area contributed by atoms with Crippen LogP contribution in [0.5, 0.6) is 5.75 Å². The number of halogens is 1. The molecule has 1 N–H and O–H groups in total. The molecule has 2 amide bonds. The van der Waals surface area contributed by atoms with E-state index in [0.717, 1.165) is 0 Å². The predicted octanol–water partition coefficient (Wildman–Crippen LogP) is 1.99. The van der Waals surface area contributed by atoms with E-state index < -0.39 is 5.91 Å². The second-order valence-electron chi connectivity index (χ2n) is 4.39. The fourth-order valence-electron chi connectivity index (χ4n) is 1.83. The number of carbonyl (C=O) groups is 2. The fourth-order valence-corrected chi connectivity index (χ4v) is 2.03. The van der Waals surface area contributed by atoms with E-state index in [4.69, 9.17) is 11.6 Å². The van der Waals surface area contributed by atoms with Crippen LogP contribution in [0, 0.1) is 0 Å². The first-order chi connectivity index (χ1) is 9.40. The van der Waals surface area contributed by atoms with Crippen molar-refractivity contribution in [3.63, 3.8) is 0 Å². The standard InChI is InChI=1S/C14H19ClN2O3/c1-4-17(5-2)13(19)9-16(3)14(20)11-8-10(18)6-7-12(11)15/h6-8,18H,4-5,9H2,1-3H3. The quantitative estimate of drug-likeness (QED) is 0.904. The van der Waals surface area contributed by atoms with Crippen molar-refractivity contribution in [1.29, 1.82) is 0 Å². The van der Waals surface area contributed by atoms with E-state index in [2.05, 4.69) is 0 Å². The Morgan fingerprint density at radius 1 is 1.25 bits per heavy atom. The first-order valence-electron chi connectivity index (χ1n) is 6.42. The smallest absolute Gasteiger partial charge is 0.255 e. The number of rotatable bonds is 5. The van der Waals surface area contributed by atoms with Crippen molar-refractivity contribution in [3.8, 4) is 5.75 Å². The number of hydrogen-bond donors (Lipinski definition) is 1. The van der Waals surface area contributed by atoms with Crippen LogP contribution in [0.15, 0.2) is 18.2 Å². The lowest BCUT2D eigenvalue weighted by Gasteiger charge is -2.23. The Labute approximate surface area is 123 Å². The van der Waals surface area contributed by atoms with Gasteiger partial charge in [0.2, 0.25) is 5.91 Å². The summed E-state index contributed by atoms with van der Waals surface area (Å²) in [6, 6.07) is 4.15. The number of likely N-dealkylation sites (N-methyl/N-ethyl adjacent to an activating group) is 2. The highest BCUT2D eigenvalue weighted by atomic mass is 35.5. The van der Waals surface area contributed by atoms with Crippen molar-refractivity contribution in [2.45, 2.75) is 13.8 Å². The number of phenolic OH excluding ortho intramolecular Hbond substituents is 1. The monoisotopic (exact) mass is 298 g/mol. The maximum absolute atomic E-state index is 12.2. The van der Waals surface area contributed by atoms with Gasteiger partial charge in [0.25, 0.3) is 5.91 Å². The SMILES string of the molecule is CCN(CC)C(=O)CN(C)C(=O)c1cc(O)ccc1Cl. The van der Waals surface area contributed by atoms with Crippen LogP contribution in [0.2, 0.25) is 5.02 Å². The summed E-state index contributed by atoms with van der Waals surface area (Å²) in [4.78, 5) is 27.1. The molecule has 0 radical (unpaired) electrons. The van der Waals surface area contributed by atoms with Gasteiger partial charge in [-0.3, -0.25) is 9.59 Å². The van der Waals surface area contributed by atoms with E-state index in [1.165, 1.54) is 30.1 Å². The zero-order valence-electron chi connectivity index (χ0n) is 11.9. The van der Waals surface area contributed by atoms with Gasteiger partial charge in [0, 0.05) is 20.1 Å². The van der Waals surface area contributed by atoms with E-state index in [9.17, 15) is 14.7 Å². The molecule has 1 rings (SSSR count). The Morgan fingerprint density at radius 3 is 2.40 bits per heavy atom. The van der Waals surface area contributed by atoms with Gasteiger partial charge in [0.05, 0.1) is 17.1 Å². The molecule has 0 aromatic heterocycles. The summed E-state index contributed by atoms with van der Waals surface area (Å²) < 4.78 is 0. The molecule has 110 valence electrons. The molecule has 0 fully saturated rings. The normalized spacial score (nSPS) is 10.2. The number of phenols is 1. The molecule has 0 aliphatic heterocycles. The van der Waals surface area contributed by atoms with Gasteiger partial charge in [-0.05, 0) is 32.0 Å².